The second-order valence-electron chi connectivity index (χ2n) is 3.39. The van der Waals surface area contributed by atoms with E-state index in [-0.39, 0.29) is 11.8 Å². The number of carbonyl (C=O) groups is 1. The summed E-state index contributed by atoms with van der Waals surface area (Å²) in [6.45, 7) is 4.50. The van der Waals surface area contributed by atoms with Gasteiger partial charge >= 0.3 is 0 Å². The minimum absolute atomic E-state index is 0.0895. The van der Waals surface area contributed by atoms with Gasteiger partial charge in [-0.25, -0.2) is 0 Å². The van der Waals surface area contributed by atoms with Crippen LogP contribution in [0.3, 0.4) is 0 Å². The molecule has 0 fully saturated rings. The van der Waals surface area contributed by atoms with Crippen molar-refractivity contribution in [3.63, 3.8) is 0 Å². The van der Waals surface area contributed by atoms with E-state index >= 15 is 0 Å². The molecule has 0 bridgehead atoms. The van der Waals surface area contributed by atoms with Crippen molar-refractivity contribution in [1.82, 2.24) is 10.3 Å². The number of aromatic nitrogens is 1. The minimum atomic E-state index is 0.0895. The molecule has 0 aromatic carbocycles. The molecule has 0 aliphatic carbocycles. The summed E-state index contributed by atoms with van der Waals surface area (Å²) in [5.41, 5.74) is 1.03. The van der Waals surface area contributed by atoms with Gasteiger partial charge in [-0.05, 0) is 18.1 Å². The van der Waals surface area contributed by atoms with Crippen LogP contribution >= 0.6 is 0 Å². The van der Waals surface area contributed by atoms with E-state index in [1.54, 1.807) is 12.4 Å². The summed E-state index contributed by atoms with van der Waals surface area (Å²) in [5.74, 6) is 0.197. The molecule has 1 aromatic heterocycles. The minimum Gasteiger partial charge on any atom is -0.352 e. The number of nitrogens with one attached hydrogen (secondary N) is 1. The molecule has 3 nitrogen and oxygen atoms in total. The zero-order valence-electron chi connectivity index (χ0n) is 8.66. The Morgan fingerprint density at radius 2 is 2.43 bits per heavy atom. The molecule has 0 saturated heterocycles. The first-order valence-electron chi connectivity index (χ1n) is 4.90. The Hall–Kier alpha value is -1.38. The highest BCUT2D eigenvalue weighted by Crippen LogP contribution is 2.01. The van der Waals surface area contributed by atoms with Crippen LogP contribution < -0.4 is 5.32 Å². The third-order valence-electron chi connectivity index (χ3n) is 2.25. The van der Waals surface area contributed by atoms with Crippen molar-refractivity contribution in [2.45, 2.75) is 26.8 Å². The van der Waals surface area contributed by atoms with Crippen molar-refractivity contribution >= 4 is 5.91 Å². The van der Waals surface area contributed by atoms with Crippen LogP contribution in [0.1, 0.15) is 25.8 Å². The van der Waals surface area contributed by atoms with Crippen LogP contribution in [0, 0.1) is 5.92 Å². The van der Waals surface area contributed by atoms with Crippen molar-refractivity contribution in [3.8, 4) is 0 Å². The third-order valence-corrected chi connectivity index (χ3v) is 2.25. The number of hydrogen-bond acceptors (Lipinski definition) is 2. The van der Waals surface area contributed by atoms with Crippen LogP contribution in [0.4, 0.5) is 0 Å². The van der Waals surface area contributed by atoms with Crippen LogP contribution in [0.15, 0.2) is 24.5 Å². The molecule has 14 heavy (non-hydrogen) atoms. The van der Waals surface area contributed by atoms with Crippen LogP contribution in [0.25, 0.3) is 0 Å². The molecule has 76 valence electrons. The number of hydrogen-bond donors (Lipinski definition) is 1. The molecule has 1 heterocycles. The predicted octanol–water partition coefficient (Wildman–Crippen LogP) is 1.74. The summed E-state index contributed by atoms with van der Waals surface area (Å²) in [4.78, 5) is 15.4. The molecular formula is C11H16N2O. The van der Waals surface area contributed by atoms with Gasteiger partial charge in [0.05, 0.1) is 0 Å². The van der Waals surface area contributed by atoms with Crippen molar-refractivity contribution in [1.29, 1.82) is 0 Å². The first kappa shape index (κ1) is 10.7. The Bertz CT molecular complexity index is 285. The molecule has 0 spiro atoms. The van der Waals surface area contributed by atoms with Crippen molar-refractivity contribution in [2.75, 3.05) is 0 Å². The highest BCUT2D eigenvalue weighted by molar-refractivity contribution is 5.78. The van der Waals surface area contributed by atoms with E-state index in [1.165, 1.54) is 0 Å². The lowest BCUT2D eigenvalue weighted by atomic mass is 10.1. The molecule has 0 saturated carbocycles. The molecule has 0 aliphatic heterocycles. The maximum absolute atomic E-state index is 11.4. The average molecular weight is 192 g/mol. The Labute approximate surface area is 84.6 Å². The molecule has 1 atom stereocenters. The molecule has 1 amide bonds. The quantitative estimate of drug-likeness (QED) is 0.789. The highest BCUT2D eigenvalue weighted by Gasteiger charge is 2.08. The van der Waals surface area contributed by atoms with Gasteiger partial charge in [-0.3, -0.25) is 9.78 Å². The molecule has 1 rings (SSSR count). The number of amides is 1. The number of carbonyl (C=O) groups excluding carboxylic acids is 1. The molecule has 0 aliphatic rings. The molecule has 1 N–H and O–H groups in total. The van der Waals surface area contributed by atoms with Gasteiger partial charge in [0.25, 0.3) is 0 Å². The fourth-order valence-corrected chi connectivity index (χ4v) is 1.05. The second kappa shape index (κ2) is 5.37. The first-order valence-corrected chi connectivity index (χ1v) is 4.90. The van der Waals surface area contributed by atoms with Gasteiger partial charge < -0.3 is 5.32 Å². The van der Waals surface area contributed by atoms with Gasteiger partial charge in [-0.2, -0.15) is 0 Å². The number of rotatable bonds is 4. The van der Waals surface area contributed by atoms with E-state index in [9.17, 15) is 4.79 Å². The number of pyridine rings is 1. The van der Waals surface area contributed by atoms with Crippen LogP contribution in [-0.2, 0) is 11.3 Å². The standard InChI is InChI=1S/C11H16N2O/c1-3-9(2)11(14)13-8-10-5-4-6-12-7-10/h4-7,9H,3,8H2,1-2H3,(H,13,14)/t9-/m0/s1. The maximum Gasteiger partial charge on any atom is 0.223 e. The highest BCUT2D eigenvalue weighted by atomic mass is 16.1. The Morgan fingerprint density at radius 3 is 3.00 bits per heavy atom. The van der Waals surface area contributed by atoms with Gasteiger partial charge in [0.2, 0.25) is 5.91 Å². The van der Waals surface area contributed by atoms with Crippen LogP contribution in [-0.4, -0.2) is 10.9 Å². The van der Waals surface area contributed by atoms with Gasteiger partial charge in [0.15, 0.2) is 0 Å². The fourth-order valence-electron chi connectivity index (χ4n) is 1.05. The Morgan fingerprint density at radius 1 is 1.64 bits per heavy atom. The van der Waals surface area contributed by atoms with E-state index in [0.717, 1.165) is 12.0 Å². The van der Waals surface area contributed by atoms with E-state index < -0.39 is 0 Å². The van der Waals surface area contributed by atoms with Crippen molar-refractivity contribution < 1.29 is 4.79 Å². The smallest absolute Gasteiger partial charge is 0.223 e. The Kier molecular flexibility index (Phi) is 4.11. The zero-order valence-corrected chi connectivity index (χ0v) is 8.66. The van der Waals surface area contributed by atoms with Crippen molar-refractivity contribution in [3.05, 3.63) is 30.1 Å². The normalized spacial score (nSPS) is 12.1. The summed E-state index contributed by atoms with van der Waals surface area (Å²) in [5, 5.41) is 2.87. The summed E-state index contributed by atoms with van der Waals surface area (Å²) in [6, 6.07) is 3.81. The van der Waals surface area contributed by atoms with E-state index in [4.69, 9.17) is 0 Å². The number of nitrogens with zero attached hydrogens (tertiary/aromatic N) is 1. The summed E-state index contributed by atoms with van der Waals surface area (Å²) in [7, 11) is 0. The SMILES string of the molecule is CC[C@H](C)C(=O)NCc1cccnc1. The largest absolute Gasteiger partial charge is 0.352 e. The molecule has 1 aromatic rings. The van der Waals surface area contributed by atoms with E-state index in [2.05, 4.69) is 10.3 Å². The van der Waals surface area contributed by atoms with Gasteiger partial charge in [-0.15, -0.1) is 0 Å². The third kappa shape index (κ3) is 3.17. The summed E-state index contributed by atoms with van der Waals surface area (Å²) in [6.07, 6.45) is 4.36. The topological polar surface area (TPSA) is 42.0 Å². The summed E-state index contributed by atoms with van der Waals surface area (Å²) < 4.78 is 0. The van der Waals surface area contributed by atoms with Crippen molar-refractivity contribution in [2.24, 2.45) is 5.92 Å². The van der Waals surface area contributed by atoms with E-state index in [1.807, 2.05) is 26.0 Å². The van der Waals surface area contributed by atoms with Gasteiger partial charge in [-0.1, -0.05) is 19.9 Å². The lowest BCUT2D eigenvalue weighted by molar-refractivity contribution is -0.124. The van der Waals surface area contributed by atoms with E-state index in [0.29, 0.717) is 6.54 Å². The van der Waals surface area contributed by atoms with Crippen LogP contribution in [0.5, 0.6) is 0 Å². The Balaban J connectivity index is 2.38. The maximum atomic E-state index is 11.4. The molecule has 3 heteroatoms. The second-order valence-corrected chi connectivity index (χ2v) is 3.39. The molecule has 0 radical (unpaired) electrons. The van der Waals surface area contributed by atoms with Crippen LogP contribution in [0.2, 0.25) is 0 Å². The fraction of sp³-hybridized carbons (Fsp3) is 0.455. The monoisotopic (exact) mass is 192 g/mol. The molecular weight excluding hydrogens is 176 g/mol. The summed E-state index contributed by atoms with van der Waals surface area (Å²) >= 11 is 0. The van der Waals surface area contributed by atoms with Gasteiger partial charge in [0, 0.05) is 24.9 Å². The zero-order chi connectivity index (χ0) is 10.4. The average Bonchev–Trinajstić information content (AvgIpc) is 2.26. The van der Waals surface area contributed by atoms with Gasteiger partial charge in [0.1, 0.15) is 0 Å². The predicted molar refractivity (Wildman–Crippen MR) is 55.5 cm³/mol. The lowest BCUT2D eigenvalue weighted by Gasteiger charge is -2.09. The first-order chi connectivity index (χ1) is 6.74. The lowest BCUT2D eigenvalue weighted by Crippen LogP contribution is -2.28. The molecule has 0 unspecified atom stereocenters.